The van der Waals surface area contributed by atoms with Crippen molar-refractivity contribution in [3.05, 3.63) is 42.7 Å². The highest BCUT2D eigenvalue weighted by Crippen LogP contribution is 2.38. The topological polar surface area (TPSA) is 72.9 Å². The van der Waals surface area contributed by atoms with Gasteiger partial charge in [-0.25, -0.2) is 4.68 Å². The van der Waals surface area contributed by atoms with Gasteiger partial charge in [-0.15, -0.1) is 0 Å². The number of hydrogen-bond acceptors (Lipinski definition) is 3. The summed E-state index contributed by atoms with van der Waals surface area (Å²) in [5.41, 5.74) is 7.10. The zero-order valence-corrected chi connectivity index (χ0v) is 12.0. The maximum absolute atomic E-state index is 12.7. The quantitative estimate of drug-likeness (QED) is 0.905. The molecule has 0 bridgehead atoms. The van der Waals surface area contributed by atoms with E-state index in [2.05, 4.69) is 10.4 Å². The number of rotatable bonds is 4. The molecule has 3 rings (SSSR count). The summed E-state index contributed by atoms with van der Waals surface area (Å²) in [5, 5.41) is 7.28. The van der Waals surface area contributed by atoms with Crippen LogP contribution in [0.15, 0.2) is 42.7 Å². The van der Waals surface area contributed by atoms with Gasteiger partial charge in [0.2, 0.25) is 5.91 Å². The van der Waals surface area contributed by atoms with Crippen molar-refractivity contribution in [3.8, 4) is 5.69 Å². The molecule has 0 spiro atoms. The van der Waals surface area contributed by atoms with E-state index >= 15 is 0 Å². The first kappa shape index (κ1) is 13.8. The number of nitrogens with zero attached hydrogens (tertiary/aromatic N) is 2. The van der Waals surface area contributed by atoms with Crippen molar-refractivity contribution < 1.29 is 4.79 Å². The van der Waals surface area contributed by atoms with Gasteiger partial charge >= 0.3 is 0 Å². The van der Waals surface area contributed by atoms with Crippen LogP contribution >= 0.6 is 0 Å². The fourth-order valence-electron chi connectivity index (χ4n) is 3.02. The first-order valence-corrected chi connectivity index (χ1v) is 7.36. The second-order valence-electron chi connectivity index (χ2n) is 5.61. The SMILES string of the molecule is NCC1(C(=O)Nc2ccccc2-n2cccn2)CCCC1. The van der Waals surface area contributed by atoms with Crippen LogP contribution in [-0.2, 0) is 4.79 Å². The van der Waals surface area contributed by atoms with Gasteiger partial charge in [0.05, 0.1) is 16.8 Å². The lowest BCUT2D eigenvalue weighted by molar-refractivity contribution is -0.124. The molecule has 1 heterocycles. The molecule has 21 heavy (non-hydrogen) atoms. The summed E-state index contributed by atoms with van der Waals surface area (Å²) in [6.45, 7) is 0.406. The van der Waals surface area contributed by atoms with Gasteiger partial charge in [0, 0.05) is 18.9 Å². The Morgan fingerprint density at radius 1 is 1.29 bits per heavy atom. The fraction of sp³-hybridized carbons (Fsp3) is 0.375. The second-order valence-corrected chi connectivity index (χ2v) is 5.61. The Bertz CT molecular complexity index is 615. The first-order chi connectivity index (χ1) is 10.2. The normalized spacial score (nSPS) is 16.8. The van der Waals surface area contributed by atoms with Gasteiger partial charge in [-0.05, 0) is 31.0 Å². The molecule has 5 nitrogen and oxygen atoms in total. The molecule has 0 saturated heterocycles. The predicted octanol–water partition coefficient (Wildman–Crippen LogP) is 2.33. The Balaban J connectivity index is 1.87. The Morgan fingerprint density at radius 3 is 2.71 bits per heavy atom. The van der Waals surface area contributed by atoms with Crippen LogP contribution in [0.3, 0.4) is 0 Å². The van der Waals surface area contributed by atoms with Crippen LogP contribution in [0.25, 0.3) is 5.69 Å². The predicted molar refractivity (Wildman–Crippen MR) is 82.1 cm³/mol. The number of amides is 1. The van der Waals surface area contributed by atoms with Gasteiger partial charge in [0.1, 0.15) is 0 Å². The van der Waals surface area contributed by atoms with Crippen molar-refractivity contribution in [1.29, 1.82) is 0 Å². The van der Waals surface area contributed by atoms with E-state index in [0.717, 1.165) is 37.1 Å². The van der Waals surface area contributed by atoms with Gasteiger partial charge in [0.15, 0.2) is 0 Å². The van der Waals surface area contributed by atoms with Gasteiger partial charge in [-0.2, -0.15) is 5.10 Å². The lowest BCUT2D eigenvalue weighted by atomic mass is 9.85. The van der Waals surface area contributed by atoms with E-state index in [9.17, 15) is 4.79 Å². The number of anilines is 1. The number of benzene rings is 1. The molecule has 1 aromatic carbocycles. The zero-order chi connectivity index (χ0) is 14.7. The number of aromatic nitrogens is 2. The molecule has 0 aliphatic heterocycles. The van der Waals surface area contributed by atoms with E-state index in [1.54, 1.807) is 10.9 Å². The van der Waals surface area contributed by atoms with Crippen molar-refractivity contribution in [3.63, 3.8) is 0 Å². The lowest BCUT2D eigenvalue weighted by Gasteiger charge is -2.26. The average Bonchev–Trinajstić information content (AvgIpc) is 3.20. The Labute approximate surface area is 124 Å². The van der Waals surface area contributed by atoms with Crippen molar-refractivity contribution in [2.75, 3.05) is 11.9 Å². The van der Waals surface area contributed by atoms with Crippen LogP contribution in [0.1, 0.15) is 25.7 Å². The molecule has 5 heteroatoms. The lowest BCUT2D eigenvalue weighted by Crippen LogP contribution is -2.40. The third kappa shape index (κ3) is 2.56. The smallest absolute Gasteiger partial charge is 0.231 e. The summed E-state index contributed by atoms with van der Waals surface area (Å²) >= 11 is 0. The maximum atomic E-state index is 12.7. The van der Waals surface area contributed by atoms with Crippen molar-refractivity contribution in [2.45, 2.75) is 25.7 Å². The highest BCUT2D eigenvalue weighted by molar-refractivity contribution is 5.97. The number of nitrogens with one attached hydrogen (secondary N) is 1. The van der Waals surface area contributed by atoms with Crippen LogP contribution < -0.4 is 11.1 Å². The molecule has 0 atom stereocenters. The molecule has 1 saturated carbocycles. The molecule has 110 valence electrons. The molecule has 1 aliphatic carbocycles. The molecule has 1 amide bonds. The monoisotopic (exact) mass is 284 g/mol. The fourth-order valence-corrected chi connectivity index (χ4v) is 3.02. The van der Waals surface area contributed by atoms with Crippen LogP contribution in [-0.4, -0.2) is 22.2 Å². The number of carbonyl (C=O) groups excluding carboxylic acids is 1. The molecular weight excluding hydrogens is 264 g/mol. The summed E-state index contributed by atoms with van der Waals surface area (Å²) in [4.78, 5) is 12.7. The molecule has 1 fully saturated rings. The number of hydrogen-bond donors (Lipinski definition) is 2. The molecular formula is C16H20N4O. The van der Waals surface area contributed by atoms with Crippen molar-refractivity contribution in [1.82, 2.24) is 9.78 Å². The summed E-state index contributed by atoms with van der Waals surface area (Å²) in [5.74, 6) is 0.0297. The minimum absolute atomic E-state index is 0.0297. The highest BCUT2D eigenvalue weighted by Gasteiger charge is 2.39. The standard InChI is InChI=1S/C16H20N4O/c17-12-16(8-3-4-9-16)15(21)19-13-6-1-2-7-14(13)20-11-5-10-18-20/h1-2,5-7,10-11H,3-4,8-9,12,17H2,(H,19,21). The van der Waals surface area contributed by atoms with Crippen LogP contribution in [0.5, 0.6) is 0 Å². The van der Waals surface area contributed by atoms with Gasteiger partial charge in [-0.1, -0.05) is 25.0 Å². The molecule has 0 radical (unpaired) electrons. The summed E-state index contributed by atoms with van der Waals surface area (Å²) in [6, 6.07) is 9.53. The molecule has 2 aromatic rings. The van der Waals surface area contributed by atoms with Gasteiger partial charge in [0.25, 0.3) is 0 Å². The highest BCUT2D eigenvalue weighted by atomic mass is 16.2. The molecule has 3 N–H and O–H groups in total. The van der Waals surface area contributed by atoms with E-state index in [1.807, 2.05) is 36.5 Å². The molecule has 1 aliphatic rings. The van der Waals surface area contributed by atoms with E-state index in [0.29, 0.717) is 6.54 Å². The third-order valence-electron chi connectivity index (χ3n) is 4.34. The Kier molecular flexibility index (Phi) is 3.75. The van der Waals surface area contributed by atoms with Crippen LogP contribution in [0, 0.1) is 5.41 Å². The minimum Gasteiger partial charge on any atom is -0.329 e. The van der Waals surface area contributed by atoms with E-state index in [4.69, 9.17) is 5.73 Å². The first-order valence-electron chi connectivity index (χ1n) is 7.36. The van der Waals surface area contributed by atoms with E-state index in [-0.39, 0.29) is 5.91 Å². The summed E-state index contributed by atoms with van der Waals surface area (Å²) in [7, 11) is 0. The van der Waals surface area contributed by atoms with Crippen molar-refractivity contribution in [2.24, 2.45) is 11.1 Å². The van der Waals surface area contributed by atoms with Gasteiger partial charge < -0.3 is 11.1 Å². The maximum Gasteiger partial charge on any atom is 0.231 e. The third-order valence-corrected chi connectivity index (χ3v) is 4.34. The number of carbonyl (C=O) groups is 1. The molecule has 1 aromatic heterocycles. The van der Waals surface area contributed by atoms with E-state index < -0.39 is 5.41 Å². The summed E-state index contributed by atoms with van der Waals surface area (Å²) < 4.78 is 1.75. The van der Waals surface area contributed by atoms with Crippen LogP contribution in [0.2, 0.25) is 0 Å². The average molecular weight is 284 g/mol. The Hall–Kier alpha value is -2.14. The Morgan fingerprint density at radius 2 is 2.05 bits per heavy atom. The molecule has 0 unspecified atom stereocenters. The van der Waals surface area contributed by atoms with Gasteiger partial charge in [-0.3, -0.25) is 4.79 Å². The largest absolute Gasteiger partial charge is 0.329 e. The summed E-state index contributed by atoms with van der Waals surface area (Å²) in [6.07, 6.45) is 7.48. The zero-order valence-electron chi connectivity index (χ0n) is 12.0. The number of para-hydroxylation sites is 2. The number of nitrogens with two attached hydrogens (primary N) is 1. The minimum atomic E-state index is -0.406. The van der Waals surface area contributed by atoms with Crippen molar-refractivity contribution >= 4 is 11.6 Å². The van der Waals surface area contributed by atoms with E-state index in [1.165, 1.54) is 0 Å². The second kappa shape index (κ2) is 5.69. The van der Waals surface area contributed by atoms with Crippen LogP contribution in [0.4, 0.5) is 5.69 Å².